The molecule has 0 aliphatic heterocycles. The van der Waals surface area contributed by atoms with E-state index >= 15 is 0 Å². The molecule has 0 heterocycles. The van der Waals surface area contributed by atoms with Gasteiger partial charge in [0.1, 0.15) is 11.4 Å². The second kappa shape index (κ2) is 8.79. The minimum Gasteiger partial charge on any atom is -0.376 e. The largest absolute Gasteiger partial charge is 0.534 e. The van der Waals surface area contributed by atoms with E-state index in [1.165, 1.54) is 24.3 Å². The first-order chi connectivity index (χ1) is 16.1. The van der Waals surface area contributed by atoms with Gasteiger partial charge in [-0.1, -0.05) is 36.9 Å². The van der Waals surface area contributed by atoms with Gasteiger partial charge >= 0.3 is 15.6 Å². The fourth-order valence-corrected chi connectivity index (χ4v) is 4.15. The van der Waals surface area contributed by atoms with Crippen molar-refractivity contribution in [3.8, 4) is 16.9 Å². The number of alkyl halides is 3. The molecule has 0 spiro atoms. The Balaban J connectivity index is 1.86. The predicted octanol–water partition coefficient (Wildman–Crippen LogP) is 6.53. The van der Waals surface area contributed by atoms with Crippen molar-refractivity contribution < 1.29 is 25.8 Å². The van der Waals surface area contributed by atoms with Crippen LogP contribution in [0, 0.1) is 4.91 Å². The summed E-state index contributed by atoms with van der Waals surface area (Å²) < 4.78 is 65.8. The van der Waals surface area contributed by atoms with Crippen LogP contribution in [0.15, 0.2) is 90.9 Å². The number of hydrogen-bond donors (Lipinski definition) is 0. The first-order valence-electron chi connectivity index (χ1n) is 9.91. The maximum Gasteiger partial charge on any atom is 0.534 e. The number of benzene rings is 3. The summed E-state index contributed by atoms with van der Waals surface area (Å²) in [6.07, 6.45) is 3.90. The van der Waals surface area contributed by atoms with E-state index in [0.29, 0.717) is 23.1 Å². The van der Waals surface area contributed by atoms with Crippen molar-refractivity contribution in [3.63, 3.8) is 0 Å². The maximum absolute atomic E-state index is 12.8. The molecule has 1 aliphatic rings. The Morgan fingerprint density at radius 2 is 1.71 bits per heavy atom. The van der Waals surface area contributed by atoms with Crippen molar-refractivity contribution >= 4 is 27.1 Å². The van der Waals surface area contributed by atoms with Gasteiger partial charge in [-0.15, -0.1) is 4.91 Å². The number of nitrogens with zero attached hydrogens (tertiary/aromatic N) is 2. The van der Waals surface area contributed by atoms with Gasteiger partial charge in [0.2, 0.25) is 0 Å². The summed E-state index contributed by atoms with van der Waals surface area (Å²) >= 11 is 0. The standard InChI is InChI=1S/C24H17F3N2O4S/c1-2-29(19-6-4-3-5-7-19)15-17-12-16-8-9-18(28-30)13-22(16)23-14-20(10-11-21(17)23)33-34(31,32)24(25,26)27/h2-11,13-15H,1,12H2/b17-15+. The summed E-state index contributed by atoms with van der Waals surface area (Å²) in [5, 5.41) is 2.92. The summed E-state index contributed by atoms with van der Waals surface area (Å²) in [5.74, 6) is -0.503. The molecule has 6 nitrogen and oxygen atoms in total. The Hall–Kier alpha value is -3.92. The second-order valence-corrected chi connectivity index (χ2v) is 8.92. The molecule has 0 fully saturated rings. The van der Waals surface area contributed by atoms with E-state index in [1.807, 2.05) is 36.5 Å². The van der Waals surface area contributed by atoms with Gasteiger partial charge < -0.3 is 9.08 Å². The van der Waals surface area contributed by atoms with Crippen LogP contribution in [0.5, 0.6) is 5.75 Å². The summed E-state index contributed by atoms with van der Waals surface area (Å²) in [7, 11) is -5.84. The lowest BCUT2D eigenvalue weighted by Gasteiger charge is -2.26. The summed E-state index contributed by atoms with van der Waals surface area (Å²) in [5.41, 5.74) is -1.44. The minimum atomic E-state index is -5.84. The van der Waals surface area contributed by atoms with E-state index in [9.17, 15) is 26.5 Å². The van der Waals surface area contributed by atoms with Crippen LogP contribution in [0.1, 0.15) is 11.1 Å². The number of nitroso groups, excluding NO2 is 1. The van der Waals surface area contributed by atoms with Crippen molar-refractivity contribution in [1.29, 1.82) is 0 Å². The molecule has 0 unspecified atom stereocenters. The monoisotopic (exact) mass is 486 g/mol. The van der Waals surface area contributed by atoms with E-state index in [-0.39, 0.29) is 5.69 Å². The Bertz CT molecular complexity index is 1400. The third kappa shape index (κ3) is 4.44. The van der Waals surface area contributed by atoms with Crippen molar-refractivity contribution in [1.82, 2.24) is 0 Å². The number of allylic oxidation sites excluding steroid dienone is 1. The maximum atomic E-state index is 12.8. The topological polar surface area (TPSA) is 76.0 Å². The Morgan fingerprint density at radius 1 is 0.971 bits per heavy atom. The van der Waals surface area contributed by atoms with Crippen molar-refractivity contribution in [2.75, 3.05) is 4.90 Å². The Labute approximate surface area is 193 Å². The molecule has 4 rings (SSSR count). The summed E-state index contributed by atoms with van der Waals surface area (Å²) in [4.78, 5) is 12.9. The first kappa shape index (κ1) is 23.2. The minimum absolute atomic E-state index is 0.128. The SMILES string of the molecule is C=CN(/C=C1\Cc2ccc(N=O)cc2-c2cc(OS(=O)(=O)C(F)(F)F)ccc21)c1ccccc1. The van der Waals surface area contributed by atoms with Gasteiger partial charge in [0.15, 0.2) is 0 Å². The molecule has 0 amide bonds. The zero-order valence-corrected chi connectivity index (χ0v) is 18.3. The van der Waals surface area contributed by atoms with E-state index in [4.69, 9.17) is 0 Å². The zero-order valence-electron chi connectivity index (χ0n) is 17.5. The molecule has 1 aliphatic carbocycles. The fourth-order valence-electron chi connectivity index (χ4n) is 3.69. The molecule has 0 N–H and O–H groups in total. The number of rotatable bonds is 6. The van der Waals surface area contributed by atoms with Crippen LogP contribution < -0.4 is 9.08 Å². The van der Waals surface area contributed by atoms with Crippen LogP contribution in [0.4, 0.5) is 24.5 Å². The van der Waals surface area contributed by atoms with Gasteiger partial charge in [-0.2, -0.15) is 21.6 Å². The molecule has 3 aromatic rings. The van der Waals surface area contributed by atoms with Crippen LogP contribution in [0.25, 0.3) is 16.7 Å². The van der Waals surface area contributed by atoms with Crippen LogP contribution in [0.3, 0.4) is 0 Å². The smallest absolute Gasteiger partial charge is 0.376 e. The molecular formula is C24H17F3N2O4S. The molecular weight excluding hydrogens is 469 g/mol. The quantitative estimate of drug-likeness (QED) is 0.225. The lowest BCUT2D eigenvalue weighted by molar-refractivity contribution is -0.0500. The molecule has 0 bridgehead atoms. The lowest BCUT2D eigenvalue weighted by Crippen LogP contribution is -2.28. The van der Waals surface area contributed by atoms with E-state index in [2.05, 4.69) is 15.9 Å². The lowest BCUT2D eigenvalue weighted by atomic mass is 9.82. The van der Waals surface area contributed by atoms with Crippen LogP contribution in [-0.4, -0.2) is 13.9 Å². The third-order valence-electron chi connectivity index (χ3n) is 5.24. The number of para-hydroxylation sites is 1. The molecule has 0 aromatic heterocycles. The Kier molecular flexibility index (Phi) is 6.01. The summed E-state index contributed by atoms with van der Waals surface area (Å²) in [6, 6.07) is 18.0. The first-order valence-corrected chi connectivity index (χ1v) is 11.3. The second-order valence-electron chi connectivity index (χ2n) is 7.38. The van der Waals surface area contributed by atoms with Crippen LogP contribution in [0.2, 0.25) is 0 Å². The highest BCUT2D eigenvalue weighted by atomic mass is 32.2. The van der Waals surface area contributed by atoms with Gasteiger partial charge in [0.05, 0.1) is 0 Å². The average Bonchev–Trinajstić information content (AvgIpc) is 2.81. The van der Waals surface area contributed by atoms with Crippen molar-refractivity contribution in [3.05, 3.63) is 102 Å². The molecule has 174 valence electrons. The molecule has 10 heteroatoms. The fraction of sp³-hybridized carbons (Fsp3) is 0.0833. The molecule has 0 saturated heterocycles. The Morgan fingerprint density at radius 3 is 2.35 bits per heavy atom. The molecule has 0 atom stereocenters. The highest BCUT2D eigenvalue weighted by Crippen LogP contribution is 2.43. The average molecular weight is 486 g/mol. The van der Waals surface area contributed by atoms with Gasteiger partial charge in [0.25, 0.3) is 0 Å². The van der Waals surface area contributed by atoms with Crippen molar-refractivity contribution in [2.45, 2.75) is 11.9 Å². The van der Waals surface area contributed by atoms with Crippen LogP contribution in [-0.2, 0) is 16.5 Å². The zero-order chi connectivity index (χ0) is 24.5. The normalized spacial score (nSPS) is 14.1. The number of fused-ring (bicyclic) bond motifs is 3. The van der Waals surface area contributed by atoms with Gasteiger partial charge in [-0.05, 0) is 69.4 Å². The van der Waals surface area contributed by atoms with Gasteiger partial charge in [-0.3, -0.25) is 0 Å². The molecule has 3 aromatic carbocycles. The van der Waals surface area contributed by atoms with E-state index in [1.54, 1.807) is 17.2 Å². The number of anilines is 1. The predicted molar refractivity (Wildman–Crippen MR) is 124 cm³/mol. The van der Waals surface area contributed by atoms with E-state index in [0.717, 1.165) is 22.9 Å². The van der Waals surface area contributed by atoms with Gasteiger partial charge in [-0.25, -0.2) is 0 Å². The molecule has 0 radical (unpaired) electrons. The highest BCUT2D eigenvalue weighted by molar-refractivity contribution is 7.88. The summed E-state index contributed by atoms with van der Waals surface area (Å²) in [6.45, 7) is 3.84. The van der Waals surface area contributed by atoms with Crippen molar-refractivity contribution in [2.24, 2.45) is 5.18 Å². The highest BCUT2D eigenvalue weighted by Gasteiger charge is 2.48. The number of hydrogen-bond acceptors (Lipinski definition) is 6. The molecule has 34 heavy (non-hydrogen) atoms. The van der Waals surface area contributed by atoms with E-state index < -0.39 is 21.4 Å². The molecule has 0 saturated carbocycles. The number of halogens is 3. The third-order valence-corrected chi connectivity index (χ3v) is 6.22. The van der Waals surface area contributed by atoms with Gasteiger partial charge in [0, 0.05) is 24.5 Å². The van der Waals surface area contributed by atoms with Crippen LogP contribution >= 0.6 is 0 Å².